The van der Waals surface area contributed by atoms with Crippen LogP contribution in [0.2, 0.25) is 10.0 Å². The third kappa shape index (κ3) is 6.15. The van der Waals surface area contributed by atoms with Crippen LogP contribution in [-0.2, 0) is 14.3 Å². The molecule has 1 fully saturated rings. The van der Waals surface area contributed by atoms with Gasteiger partial charge < -0.3 is 19.7 Å². The number of halogens is 2. The van der Waals surface area contributed by atoms with E-state index in [0.29, 0.717) is 54.8 Å². The first-order chi connectivity index (χ1) is 12.0. The average Bonchev–Trinajstić information content (AvgIpc) is 2.61. The smallest absolute Gasteiger partial charge is 0.253 e. The highest BCUT2D eigenvalue weighted by Crippen LogP contribution is 2.21. The molecule has 2 amide bonds. The summed E-state index contributed by atoms with van der Waals surface area (Å²) in [5, 5.41) is 3.78. The molecule has 0 saturated carbocycles. The van der Waals surface area contributed by atoms with Crippen molar-refractivity contribution in [2.45, 2.75) is 18.9 Å². The second-order valence-electron chi connectivity index (χ2n) is 5.80. The summed E-state index contributed by atoms with van der Waals surface area (Å²) in [6, 6.07) is 4.79. The van der Waals surface area contributed by atoms with Gasteiger partial charge in [-0.25, -0.2) is 0 Å². The van der Waals surface area contributed by atoms with E-state index < -0.39 is 0 Å². The van der Waals surface area contributed by atoms with Gasteiger partial charge in [-0.1, -0.05) is 23.2 Å². The van der Waals surface area contributed by atoms with Crippen LogP contribution in [0, 0.1) is 0 Å². The van der Waals surface area contributed by atoms with E-state index in [4.69, 9.17) is 32.7 Å². The van der Waals surface area contributed by atoms with Gasteiger partial charge in [0.2, 0.25) is 5.91 Å². The average molecular weight is 389 g/mol. The second kappa shape index (κ2) is 9.97. The molecule has 0 radical (unpaired) electrons. The van der Waals surface area contributed by atoms with E-state index in [-0.39, 0.29) is 24.5 Å². The van der Waals surface area contributed by atoms with Gasteiger partial charge in [0.25, 0.3) is 5.91 Å². The van der Waals surface area contributed by atoms with Crippen molar-refractivity contribution in [1.29, 1.82) is 0 Å². The molecule has 0 spiro atoms. The van der Waals surface area contributed by atoms with Crippen LogP contribution in [0.25, 0.3) is 0 Å². The number of carbonyl (C=O) groups excluding carboxylic acids is 2. The predicted molar refractivity (Wildman–Crippen MR) is 96.2 cm³/mol. The lowest BCUT2D eigenvalue weighted by Gasteiger charge is -2.32. The molecule has 2 rings (SSSR count). The highest BCUT2D eigenvalue weighted by Gasteiger charge is 2.24. The van der Waals surface area contributed by atoms with Gasteiger partial charge in [-0.15, -0.1) is 0 Å². The molecule has 1 saturated heterocycles. The Morgan fingerprint density at radius 2 is 1.96 bits per heavy atom. The number of nitrogens with one attached hydrogen (secondary N) is 1. The fraction of sp³-hybridized carbons (Fsp3) is 0.529. The lowest BCUT2D eigenvalue weighted by Crippen LogP contribution is -2.47. The van der Waals surface area contributed by atoms with Gasteiger partial charge >= 0.3 is 0 Å². The van der Waals surface area contributed by atoms with Crippen molar-refractivity contribution in [3.63, 3.8) is 0 Å². The van der Waals surface area contributed by atoms with E-state index in [1.54, 1.807) is 30.2 Å². The zero-order valence-electron chi connectivity index (χ0n) is 14.1. The molecule has 0 bridgehead atoms. The van der Waals surface area contributed by atoms with Crippen molar-refractivity contribution in [3.8, 4) is 0 Å². The van der Waals surface area contributed by atoms with Crippen LogP contribution in [0.5, 0.6) is 0 Å². The largest absolute Gasteiger partial charge is 0.382 e. The van der Waals surface area contributed by atoms with Crippen LogP contribution < -0.4 is 5.32 Å². The number of likely N-dealkylation sites (tertiary alicyclic amines) is 1. The molecule has 1 aliphatic heterocycles. The van der Waals surface area contributed by atoms with Gasteiger partial charge in [-0.2, -0.15) is 0 Å². The summed E-state index contributed by atoms with van der Waals surface area (Å²) in [7, 11) is 1.58. The summed E-state index contributed by atoms with van der Waals surface area (Å²) >= 11 is 12.0. The molecule has 1 N–H and O–H groups in total. The van der Waals surface area contributed by atoms with E-state index in [0.717, 1.165) is 0 Å². The molecule has 1 aromatic carbocycles. The van der Waals surface area contributed by atoms with E-state index in [9.17, 15) is 9.59 Å². The number of nitrogens with zero attached hydrogens (tertiary/aromatic N) is 1. The van der Waals surface area contributed by atoms with Crippen LogP contribution in [0.4, 0.5) is 0 Å². The monoisotopic (exact) mass is 388 g/mol. The third-order valence-electron chi connectivity index (χ3n) is 4.01. The quantitative estimate of drug-likeness (QED) is 0.728. The van der Waals surface area contributed by atoms with Crippen molar-refractivity contribution in [3.05, 3.63) is 33.8 Å². The highest BCUT2D eigenvalue weighted by atomic mass is 35.5. The molecule has 6 nitrogen and oxygen atoms in total. The molecule has 25 heavy (non-hydrogen) atoms. The maximum absolute atomic E-state index is 12.3. The molecular formula is C17H22Cl2N2O4. The van der Waals surface area contributed by atoms with Crippen LogP contribution in [0.1, 0.15) is 23.2 Å². The van der Waals surface area contributed by atoms with Crippen molar-refractivity contribution < 1.29 is 19.1 Å². The maximum Gasteiger partial charge on any atom is 0.253 e. The number of amides is 2. The number of hydrogen-bond acceptors (Lipinski definition) is 4. The molecule has 1 aromatic rings. The molecule has 8 heteroatoms. The Kier molecular flexibility index (Phi) is 7.96. The minimum atomic E-state index is -0.250. The molecule has 1 aliphatic rings. The first-order valence-corrected chi connectivity index (χ1v) is 8.87. The van der Waals surface area contributed by atoms with Gasteiger partial charge in [-0.05, 0) is 31.0 Å². The van der Waals surface area contributed by atoms with Crippen molar-refractivity contribution in [2.75, 3.05) is 40.0 Å². The number of methoxy groups -OCH3 is 1. The minimum absolute atomic E-state index is 0.000933. The number of piperidine rings is 1. The van der Waals surface area contributed by atoms with E-state index in [1.807, 2.05) is 0 Å². The summed E-state index contributed by atoms with van der Waals surface area (Å²) < 4.78 is 10.1. The van der Waals surface area contributed by atoms with Gasteiger partial charge in [-0.3, -0.25) is 9.59 Å². The molecule has 0 aromatic heterocycles. The van der Waals surface area contributed by atoms with Crippen LogP contribution in [0.3, 0.4) is 0 Å². The Morgan fingerprint density at radius 3 is 2.64 bits per heavy atom. The van der Waals surface area contributed by atoms with Crippen LogP contribution in [0.15, 0.2) is 18.2 Å². The first kappa shape index (κ1) is 20.0. The minimum Gasteiger partial charge on any atom is -0.382 e. The molecule has 0 aliphatic carbocycles. The van der Waals surface area contributed by atoms with Gasteiger partial charge in [0.05, 0.1) is 23.8 Å². The summed E-state index contributed by atoms with van der Waals surface area (Å²) in [4.78, 5) is 26.1. The molecule has 0 atom stereocenters. The van der Waals surface area contributed by atoms with Crippen molar-refractivity contribution in [2.24, 2.45) is 0 Å². The highest BCUT2D eigenvalue weighted by molar-refractivity contribution is 6.35. The summed E-state index contributed by atoms with van der Waals surface area (Å²) in [6.45, 7) is 2.09. The topological polar surface area (TPSA) is 67.9 Å². The van der Waals surface area contributed by atoms with E-state index in [2.05, 4.69) is 5.32 Å². The summed E-state index contributed by atoms with van der Waals surface area (Å²) in [5.41, 5.74) is 0.360. The molecule has 0 unspecified atom stereocenters. The normalized spacial score (nSPS) is 15.2. The number of carbonyl (C=O) groups is 2. The molecular weight excluding hydrogens is 367 g/mol. The fourth-order valence-electron chi connectivity index (χ4n) is 2.60. The number of hydrogen-bond donors (Lipinski definition) is 1. The number of rotatable bonds is 7. The zero-order valence-corrected chi connectivity index (χ0v) is 15.6. The number of ether oxygens (including phenoxy) is 2. The standard InChI is InChI=1S/C17H22Cl2N2O4/c1-24-8-9-25-11-16(22)21-6-4-13(5-7-21)20-17(23)14-10-12(18)2-3-15(14)19/h2-3,10,13H,4-9,11H2,1H3,(H,20,23). The molecule has 138 valence electrons. The Hall–Kier alpha value is -1.34. The van der Waals surface area contributed by atoms with E-state index >= 15 is 0 Å². The van der Waals surface area contributed by atoms with E-state index in [1.165, 1.54) is 0 Å². The zero-order chi connectivity index (χ0) is 18.2. The fourth-order valence-corrected chi connectivity index (χ4v) is 2.98. The van der Waals surface area contributed by atoms with Crippen molar-refractivity contribution in [1.82, 2.24) is 10.2 Å². The molecule has 1 heterocycles. The maximum atomic E-state index is 12.3. The summed E-state index contributed by atoms with van der Waals surface area (Å²) in [5.74, 6) is -0.293. The SMILES string of the molecule is COCCOCC(=O)N1CCC(NC(=O)c2cc(Cl)ccc2Cl)CC1. The van der Waals surface area contributed by atoms with Crippen LogP contribution >= 0.6 is 23.2 Å². The van der Waals surface area contributed by atoms with Gasteiger partial charge in [0.15, 0.2) is 0 Å². The van der Waals surface area contributed by atoms with Gasteiger partial charge in [0.1, 0.15) is 6.61 Å². The lowest BCUT2D eigenvalue weighted by atomic mass is 10.0. The Bertz CT molecular complexity index is 604. The van der Waals surface area contributed by atoms with Gasteiger partial charge in [0, 0.05) is 31.3 Å². The van der Waals surface area contributed by atoms with Crippen LogP contribution in [-0.4, -0.2) is 62.8 Å². The first-order valence-electron chi connectivity index (χ1n) is 8.11. The Labute approximate surface area is 157 Å². The lowest BCUT2D eigenvalue weighted by molar-refractivity contribution is -0.137. The predicted octanol–water partition coefficient (Wildman–Crippen LogP) is 2.38. The van der Waals surface area contributed by atoms with Crippen molar-refractivity contribution >= 4 is 35.0 Å². The summed E-state index contributed by atoms with van der Waals surface area (Å²) in [6.07, 6.45) is 1.38. The second-order valence-corrected chi connectivity index (χ2v) is 6.64. The Morgan fingerprint density at radius 1 is 1.24 bits per heavy atom. The third-order valence-corrected chi connectivity index (χ3v) is 4.58. The Balaban J connectivity index is 1.77. The number of benzene rings is 1.